The van der Waals surface area contributed by atoms with Crippen LogP contribution in [-0.4, -0.2) is 34.2 Å². The number of alkyl carbamates (subject to hydrolysis) is 1. The molecule has 0 aliphatic heterocycles. The van der Waals surface area contributed by atoms with Crippen molar-refractivity contribution < 1.29 is 13.9 Å². The van der Waals surface area contributed by atoms with E-state index in [1.54, 1.807) is 12.1 Å². The van der Waals surface area contributed by atoms with Crippen LogP contribution >= 0.6 is 11.6 Å². The molecule has 2 heterocycles. The first kappa shape index (κ1) is 18.8. The van der Waals surface area contributed by atoms with Gasteiger partial charge in [-0.25, -0.2) is 9.78 Å². The highest BCUT2D eigenvalue weighted by Gasteiger charge is 2.24. The van der Waals surface area contributed by atoms with E-state index in [2.05, 4.69) is 20.6 Å². The van der Waals surface area contributed by atoms with Crippen molar-refractivity contribution >= 4 is 34.9 Å². The topological polar surface area (TPSA) is 89.3 Å². The third-order valence-electron chi connectivity index (χ3n) is 4.26. The van der Waals surface area contributed by atoms with Crippen LogP contribution in [0.2, 0.25) is 5.15 Å². The van der Waals surface area contributed by atoms with Gasteiger partial charge in [-0.15, -0.1) is 0 Å². The maximum absolute atomic E-state index is 11.8. The van der Waals surface area contributed by atoms with E-state index in [9.17, 15) is 4.79 Å². The fraction of sp³-hybridized carbons (Fsp3) is 0.611. The molecule has 1 aliphatic rings. The SMILES string of the molecule is CC(C)(C)OC(=O)NCC1CCCC(Nc2nc3nc(Cl)ccc3o2)C1. The summed E-state index contributed by atoms with van der Waals surface area (Å²) in [6, 6.07) is 4.15. The molecule has 0 spiro atoms. The van der Waals surface area contributed by atoms with Gasteiger partial charge in [0, 0.05) is 12.6 Å². The number of halogens is 1. The average Bonchev–Trinajstić information content (AvgIpc) is 2.93. The lowest BCUT2D eigenvalue weighted by Gasteiger charge is -2.29. The first-order valence-corrected chi connectivity index (χ1v) is 9.33. The van der Waals surface area contributed by atoms with E-state index in [-0.39, 0.29) is 12.1 Å². The lowest BCUT2D eigenvalue weighted by atomic mass is 9.86. The second kappa shape index (κ2) is 7.70. The van der Waals surface area contributed by atoms with Crippen LogP contribution in [0, 0.1) is 5.92 Å². The predicted molar refractivity (Wildman–Crippen MR) is 100 cm³/mol. The molecule has 2 N–H and O–H groups in total. The van der Waals surface area contributed by atoms with E-state index < -0.39 is 5.60 Å². The van der Waals surface area contributed by atoms with Crippen molar-refractivity contribution in [3.05, 3.63) is 17.3 Å². The zero-order valence-electron chi connectivity index (χ0n) is 15.3. The van der Waals surface area contributed by atoms with Gasteiger partial charge in [-0.1, -0.05) is 18.0 Å². The van der Waals surface area contributed by atoms with Crippen molar-refractivity contribution in [3.8, 4) is 0 Å². The molecule has 0 radical (unpaired) electrons. The van der Waals surface area contributed by atoms with Crippen LogP contribution in [0.3, 0.4) is 0 Å². The maximum atomic E-state index is 11.8. The van der Waals surface area contributed by atoms with E-state index in [1.165, 1.54) is 0 Å². The van der Waals surface area contributed by atoms with Crippen molar-refractivity contribution in [1.29, 1.82) is 0 Å². The average molecular weight is 381 g/mol. The summed E-state index contributed by atoms with van der Waals surface area (Å²) in [6.07, 6.45) is 3.77. The van der Waals surface area contributed by atoms with Crippen molar-refractivity contribution in [1.82, 2.24) is 15.3 Å². The van der Waals surface area contributed by atoms with Crippen molar-refractivity contribution in [2.45, 2.75) is 58.1 Å². The van der Waals surface area contributed by atoms with Gasteiger partial charge in [-0.3, -0.25) is 0 Å². The zero-order chi connectivity index (χ0) is 18.7. The second-order valence-corrected chi connectivity index (χ2v) is 8.12. The lowest BCUT2D eigenvalue weighted by molar-refractivity contribution is 0.0514. The quantitative estimate of drug-likeness (QED) is 0.765. The molecule has 142 valence electrons. The summed E-state index contributed by atoms with van der Waals surface area (Å²) < 4.78 is 11.0. The summed E-state index contributed by atoms with van der Waals surface area (Å²) in [4.78, 5) is 20.3. The Morgan fingerprint density at radius 2 is 2.15 bits per heavy atom. The second-order valence-electron chi connectivity index (χ2n) is 7.73. The van der Waals surface area contributed by atoms with Crippen molar-refractivity contribution in [3.63, 3.8) is 0 Å². The molecule has 1 amide bonds. The van der Waals surface area contributed by atoms with Crippen LogP contribution in [0.15, 0.2) is 16.5 Å². The number of fused-ring (bicyclic) bond motifs is 1. The zero-order valence-corrected chi connectivity index (χ0v) is 16.1. The Bertz CT molecular complexity index is 771. The molecule has 2 aromatic heterocycles. The summed E-state index contributed by atoms with van der Waals surface area (Å²) in [5, 5.41) is 6.60. The molecule has 1 fully saturated rings. The minimum atomic E-state index is -0.482. The fourth-order valence-electron chi connectivity index (χ4n) is 3.18. The Balaban J connectivity index is 1.52. The van der Waals surface area contributed by atoms with E-state index in [1.807, 2.05) is 20.8 Å². The minimum absolute atomic E-state index is 0.248. The molecule has 8 heteroatoms. The lowest BCUT2D eigenvalue weighted by Crippen LogP contribution is -2.38. The van der Waals surface area contributed by atoms with Crippen LogP contribution in [0.1, 0.15) is 46.5 Å². The van der Waals surface area contributed by atoms with Crippen molar-refractivity contribution in [2.24, 2.45) is 5.92 Å². The highest BCUT2D eigenvalue weighted by atomic mass is 35.5. The van der Waals surface area contributed by atoms with Crippen LogP contribution in [0.5, 0.6) is 0 Å². The third kappa shape index (κ3) is 5.24. The van der Waals surface area contributed by atoms with Crippen LogP contribution < -0.4 is 10.6 Å². The molecule has 3 rings (SSSR count). The monoisotopic (exact) mass is 380 g/mol. The first-order valence-electron chi connectivity index (χ1n) is 8.95. The van der Waals surface area contributed by atoms with Gasteiger partial charge in [0.1, 0.15) is 10.8 Å². The summed E-state index contributed by atoms with van der Waals surface area (Å²) >= 11 is 5.88. The molecular weight excluding hydrogens is 356 g/mol. The Labute approximate surface area is 157 Å². The molecule has 2 atom stereocenters. The highest BCUT2D eigenvalue weighted by molar-refractivity contribution is 6.29. The standard InChI is InChI=1S/C18H25ClN4O3/c1-18(2,3)26-17(24)20-10-11-5-4-6-12(9-11)21-16-23-15-13(25-16)7-8-14(19)22-15/h7-8,11-12H,4-6,9-10H2,1-3H3,(H,20,24)(H,21,22,23). The molecule has 0 aromatic carbocycles. The number of carbonyl (C=O) groups excluding carboxylic acids is 1. The number of carbonyl (C=O) groups is 1. The van der Waals surface area contributed by atoms with Crippen LogP contribution in [0.4, 0.5) is 10.8 Å². The Kier molecular flexibility index (Phi) is 5.55. The van der Waals surface area contributed by atoms with Gasteiger partial charge in [0.15, 0.2) is 5.58 Å². The van der Waals surface area contributed by atoms with E-state index >= 15 is 0 Å². The summed E-state index contributed by atoms with van der Waals surface area (Å²) in [5.74, 6) is 0.394. The van der Waals surface area contributed by atoms with Gasteiger partial charge in [-0.05, 0) is 58.1 Å². The molecular formula is C18H25ClN4O3. The highest BCUT2D eigenvalue weighted by Crippen LogP contribution is 2.27. The number of ether oxygens (including phenoxy) is 1. The number of oxazole rings is 1. The molecule has 0 saturated heterocycles. The fourth-order valence-corrected chi connectivity index (χ4v) is 3.32. The molecule has 26 heavy (non-hydrogen) atoms. The summed E-state index contributed by atoms with van der Waals surface area (Å²) in [6.45, 7) is 6.18. The third-order valence-corrected chi connectivity index (χ3v) is 4.47. The van der Waals surface area contributed by atoms with Gasteiger partial charge >= 0.3 is 6.09 Å². The van der Waals surface area contributed by atoms with Gasteiger partial charge < -0.3 is 19.8 Å². The number of anilines is 1. The Hall–Kier alpha value is -2.02. The summed E-state index contributed by atoms with van der Waals surface area (Å²) in [5.41, 5.74) is 0.625. The van der Waals surface area contributed by atoms with Crippen LogP contribution in [0.25, 0.3) is 11.2 Å². The molecule has 2 unspecified atom stereocenters. The number of hydrogen-bond acceptors (Lipinski definition) is 6. The Morgan fingerprint density at radius 3 is 2.92 bits per heavy atom. The van der Waals surface area contributed by atoms with Gasteiger partial charge in [0.05, 0.1) is 0 Å². The molecule has 2 aromatic rings. The molecule has 1 saturated carbocycles. The van der Waals surface area contributed by atoms with E-state index in [0.717, 1.165) is 25.7 Å². The van der Waals surface area contributed by atoms with Gasteiger partial charge in [0.2, 0.25) is 5.65 Å². The number of hydrogen-bond donors (Lipinski definition) is 2. The smallest absolute Gasteiger partial charge is 0.407 e. The maximum Gasteiger partial charge on any atom is 0.407 e. The van der Waals surface area contributed by atoms with Gasteiger partial charge in [-0.2, -0.15) is 4.98 Å². The van der Waals surface area contributed by atoms with E-state index in [0.29, 0.717) is 34.9 Å². The van der Waals surface area contributed by atoms with E-state index in [4.69, 9.17) is 20.8 Å². The number of nitrogens with one attached hydrogen (secondary N) is 2. The Morgan fingerprint density at radius 1 is 1.35 bits per heavy atom. The number of amides is 1. The molecule has 0 bridgehead atoms. The number of nitrogens with zero attached hydrogens (tertiary/aromatic N) is 2. The molecule has 1 aliphatic carbocycles. The minimum Gasteiger partial charge on any atom is -0.444 e. The number of pyridine rings is 1. The summed E-state index contributed by atoms with van der Waals surface area (Å²) in [7, 11) is 0. The normalized spacial score (nSPS) is 20.8. The number of rotatable bonds is 4. The largest absolute Gasteiger partial charge is 0.444 e. The molecule has 7 nitrogen and oxygen atoms in total. The number of aromatic nitrogens is 2. The van der Waals surface area contributed by atoms with Crippen LogP contribution in [-0.2, 0) is 4.74 Å². The van der Waals surface area contributed by atoms with Crippen molar-refractivity contribution in [2.75, 3.05) is 11.9 Å². The predicted octanol–water partition coefficient (Wildman–Crippen LogP) is 4.37. The first-order chi connectivity index (χ1) is 12.3. The van der Waals surface area contributed by atoms with Gasteiger partial charge in [0.25, 0.3) is 6.01 Å².